The SMILES string of the molecule is CCCOC1(C(=O)Nc2ccc(OCCCN3CCC[C@@H](C)C3)cc2)CCCCC1. The normalized spacial score (nSPS) is 21.9. The lowest BCUT2D eigenvalue weighted by atomic mass is 9.83. The maximum Gasteiger partial charge on any atom is 0.256 e. The van der Waals surface area contributed by atoms with Crippen LogP contribution in [-0.2, 0) is 9.53 Å². The number of hydrogen-bond donors (Lipinski definition) is 1. The topological polar surface area (TPSA) is 50.8 Å². The van der Waals surface area contributed by atoms with E-state index in [1.807, 2.05) is 24.3 Å². The number of rotatable bonds is 10. The van der Waals surface area contributed by atoms with Gasteiger partial charge in [0.15, 0.2) is 0 Å². The quantitative estimate of drug-likeness (QED) is 0.529. The number of likely N-dealkylation sites (tertiary alicyclic amines) is 1. The summed E-state index contributed by atoms with van der Waals surface area (Å²) in [7, 11) is 0. The molecule has 1 aliphatic heterocycles. The van der Waals surface area contributed by atoms with Gasteiger partial charge in [-0.3, -0.25) is 4.79 Å². The summed E-state index contributed by atoms with van der Waals surface area (Å²) < 4.78 is 12.0. The fourth-order valence-corrected chi connectivity index (χ4v) is 4.70. The minimum Gasteiger partial charge on any atom is -0.494 e. The van der Waals surface area contributed by atoms with E-state index in [4.69, 9.17) is 9.47 Å². The molecule has 168 valence electrons. The smallest absolute Gasteiger partial charge is 0.256 e. The minimum absolute atomic E-state index is 0.0000725. The molecular formula is C25H40N2O3. The molecule has 1 atom stereocenters. The Morgan fingerprint density at radius 3 is 2.60 bits per heavy atom. The summed E-state index contributed by atoms with van der Waals surface area (Å²) in [5, 5.41) is 3.08. The van der Waals surface area contributed by atoms with E-state index in [0.717, 1.165) is 69.0 Å². The number of carbonyl (C=O) groups is 1. The lowest BCUT2D eigenvalue weighted by molar-refractivity contribution is -0.146. The molecule has 2 fully saturated rings. The Morgan fingerprint density at radius 1 is 1.13 bits per heavy atom. The molecule has 1 saturated heterocycles. The first-order chi connectivity index (χ1) is 14.6. The Hall–Kier alpha value is -1.59. The molecule has 1 heterocycles. The Kier molecular flexibility index (Phi) is 9.01. The number of nitrogens with one attached hydrogen (secondary N) is 1. The van der Waals surface area contributed by atoms with Crippen LogP contribution in [0.2, 0.25) is 0 Å². The molecule has 5 nitrogen and oxygen atoms in total. The Balaban J connectivity index is 1.43. The van der Waals surface area contributed by atoms with Gasteiger partial charge in [0.1, 0.15) is 11.4 Å². The first-order valence-electron chi connectivity index (χ1n) is 12.0. The molecular weight excluding hydrogens is 376 g/mol. The number of amides is 1. The fourth-order valence-electron chi connectivity index (χ4n) is 4.70. The van der Waals surface area contributed by atoms with Crippen LogP contribution in [0, 0.1) is 5.92 Å². The lowest BCUT2D eigenvalue weighted by Gasteiger charge is -2.35. The Labute approximate surface area is 182 Å². The highest BCUT2D eigenvalue weighted by molar-refractivity contribution is 5.97. The van der Waals surface area contributed by atoms with Crippen molar-refractivity contribution in [2.75, 3.05) is 38.2 Å². The van der Waals surface area contributed by atoms with Gasteiger partial charge >= 0.3 is 0 Å². The van der Waals surface area contributed by atoms with E-state index < -0.39 is 5.60 Å². The molecule has 1 aromatic carbocycles. The van der Waals surface area contributed by atoms with Gasteiger partial charge < -0.3 is 19.7 Å². The zero-order valence-corrected chi connectivity index (χ0v) is 19.0. The summed E-state index contributed by atoms with van der Waals surface area (Å²) in [5.41, 5.74) is 0.148. The van der Waals surface area contributed by atoms with Crippen LogP contribution in [0.15, 0.2) is 24.3 Å². The summed E-state index contributed by atoms with van der Waals surface area (Å²) >= 11 is 0. The largest absolute Gasteiger partial charge is 0.494 e. The Morgan fingerprint density at radius 2 is 1.90 bits per heavy atom. The molecule has 1 aromatic rings. The van der Waals surface area contributed by atoms with Gasteiger partial charge in [-0.25, -0.2) is 0 Å². The number of carbonyl (C=O) groups excluding carboxylic acids is 1. The van der Waals surface area contributed by atoms with Crippen LogP contribution in [0.5, 0.6) is 5.75 Å². The maximum absolute atomic E-state index is 13.0. The summed E-state index contributed by atoms with van der Waals surface area (Å²) in [6.07, 6.45) is 9.58. The highest BCUT2D eigenvalue weighted by Gasteiger charge is 2.40. The van der Waals surface area contributed by atoms with Crippen LogP contribution in [0.25, 0.3) is 0 Å². The van der Waals surface area contributed by atoms with E-state index in [1.165, 1.54) is 32.4 Å². The third-order valence-electron chi connectivity index (χ3n) is 6.40. The molecule has 1 N–H and O–H groups in total. The van der Waals surface area contributed by atoms with E-state index >= 15 is 0 Å². The molecule has 30 heavy (non-hydrogen) atoms. The van der Waals surface area contributed by atoms with Crippen LogP contribution < -0.4 is 10.1 Å². The summed E-state index contributed by atoms with van der Waals surface area (Å²) in [4.78, 5) is 15.5. The number of hydrogen-bond acceptors (Lipinski definition) is 4. The Bertz CT molecular complexity index is 640. The van der Waals surface area contributed by atoms with Crippen molar-refractivity contribution in [1.29, 1.82) is 0 Å². The van der Waals surface area contributed by atoms with Gasteiger partial charge in [0.25, 0.3) is 5.91 Å². The van der Waals surface area contributed by atoms with Crippen molar-refractivity contribution in [1.82, 2.24) is 4.90 Å². The number of benzene rings is 1. The van der Waals surface area contributed by atoms with Crippen LogP contribution in [0.3, 0.4) is 0 Å². The van der Waals surface area contributed by atoms with Gasteiger partial charge in [-0.05, 0) is 75.3 Å². The van der Waals surface area contributed by atoms with E-state index in [2.05, 4.69) is 24.1 Å². The highest BCUT2D eigenvalue weighted by Crippen LogP contribution is 2.33. The molecule has 1 amide bonds. The van der Waals surface area contributed by atoms with Crippen molar-refractivity contribution in [3.63, 3.8) is 0 Å². The standard InChI is InChI=1S/C25H40N2O3/c1-3-18-30-25(14-5-4-6-15-25)24(28)26-22-10-12-23(13-11-22)29-19-8-17-27-16-7-9-21(2)20-27/h10-13,21H,3-9,14-20H2,1-2H3,(H,26,28)/t21-/m1/s1. The van der Waals surface area contributed by atoms with E-state index in [-0.39, 0.29) is 5.91 Å². The monoisotopic (exact) mass is 416 g/mol. The zero-order chi connectivity index (χ0) is 21.2. The van der Waals surface area contributed by atoms with Crippen molar-refractivity contribution >= 4 is 11.6 Å². The van der Waals surface area contributed by atoms with Crippen molar-refractivity contribution in [2.45, 2.75) is 77.2 Å². The van der Waals surface area contributed by atoms with Crippen LogP contribution in [0.4, 0.5) is 5.69 Å². The van der Waals surface area contributed by atoms with Crippen LogP contribution >= 0.6 is 0 Å². The second-order valence-corrected chi connectivity index (χ2v) is 9.13. The fraction of sp³-hybridized carbons (Fsp3) is 0.720. The predicted molar refractivity (Wildman–Crippen MR) is 122 cm³/mol. The molecule has 0 spiro atoms. The zero-order valence-electron chi connectivity index (χ0n) is 19.0. The molecule has 0 bridgehead atoms. The first kappa shape index (κ1) is 23.1. The third-order valence-corrected chi connectivity index (χ3v) is 6.40. The summed E-state index contributed by atoms with van der Waals surface area (Å²) in [6, 6.07) is 7.74. The average Bonchev–Trinajstić information content (AvgIpc) is 2.77. The van der Waals surface area contributed by atoms with Crippen LogP contribution in [-0.4, -0.2) is 49.3 Å². The van der Waals surface area contributed by atoms with Crippen molar-refractivity contribution < 1.29 is 14.3 Å². The van der Waals surface area contributed by atoms with E-state index in [9.17, 15) is 4.79 Å². The van der Waals surface area contributed by atoms with Crippen LogP contribution in [0.1, 0.15) is 71.6 Å². The first-order valence-corrected chi connectivity index (χ1v) is 12.0. The summed E-state index contributed by atoms with van der Waals surface area (Å²) in [6.45, 7) is 9.34. The van der Waals surface area contributed by atoms with Crippen molar-refractivity contribution in [2.24, 2.45) is 5.92 Å². The number of anilines is 1. The second kappa shape index (κ2) is 11.7. The molecule has 0 radical (unpaired) electrons. The number of ether oxygens (including phenoxy) is 2. The van der Waals surface area contributed by atoms with Gasteiger partial charge in [-0.1, -0.05) is 33.1 Å². The lowest BCUT2D eigenvalue weighted by Crippen LogP contribution is -2.47. The second-order valence-electron chi connectivity index (χ2n) is 9.13. The van der Waals surface area contributed by atoms with Gasteiger partial charge in [-0.15, -0.1) is 0 Å². The molecule has 1 aliphatic carbocycles. The number of nitrogens with zero attached hydrogens (tertiary/aromatic N) is 1. The molecule has 0 unspecified atom stereocenters. The third kappa shape index (κ3) is 6.71. The molecule has 1 saturated carbocycles. The van der Waals surface area contributed by atoms with E-state index in [0.29, 0.717) is 6.61 Å². The number of piperidine rings is 1. The average molecular weight is 417 g/mol. The molecule has 2 aliphatic rings. The molecule has 5 heteroatoms. The maximum atomic E-state index is 13.0. The minimum atomic E-state index is -0.657. The summed E-state index contributed by atoms with van der Waals surface area (Å²) in [5.74, 6) is 1.68. The van der Waals surface area contributed by atoms with Gasteiger partial charge in [0, 0.05) is 25.4 Å². The predicted octanol–water partition coefficient (Wildman–Crippen LogP) is 5.26. The highest BCUT2D eigenvalue weighted by atomic mass is 16.5. The molecule has 3 rings (SSSR count). The van der Waals surface area contributed by atoms with Gasteiger partial charge in [-0.2, -0.15) is 0 Å². The van der Waals surface area contributed by atoms with E-state index in [1.54, 1.807) is 0 Å². The van der Waals surface area contributed by atoms with Crippen molar-refractivity contribution in [3.8, 4) is 5.75 Å². The van der Waals surface area contributed by atoms with Gasteiger partial charge in [0.05, 0.1) is 6.61 Å². The van der Waals surface area contributed by atoms with Gasteiger partial charge in [0.2, 0.25) is 0 Å². The molecule has 0 aromatic heterocycles. The van der Waals surface area contributed by atoms with Crippen molar-refractivity contribution in [3.05, 3.63) is 24.3 Å².